The first-order valence-electron chi connectivity index (χ1n) is 17.3. The van der Waals surface area contributed by atoms with E-state index in [1.54, 1.807) is 29.0 Å². The Balaban J connectivity index is 0.000000239. The van der Waals surface area contributed by atoms with E-state index in [1.165, 1.54) is 0 Å². The number of nitrogens with one attached hydrogen (secondary N) is 3. The predicted octanol–water partition coefficient (Wildman–Crippen LogP) is 4.78. The molecule has 0 saturated heterocycles. The molecule has 278 valence electrons. The molecule has 0 saturated carbocycles. The highest BCUT2D eigenvalue weighted by Gasteiger charge is 2.19. The molecule has 0 amide bonds. The fourth-order valence-electron chi connectivity index (χ4n) is 5.18. The van der Waals surface area contributed by atoms with Crippen molar-refractivity contribution < 1.29 is 9.13 Å². The summed E-state index contributed by atoms with van der Waals surface area (Å²) >= 11 is 0. The Morgan fingerprint density at radius 1 is 1.02 bits per heavy atom. The van der Waals surface area contributed by atoms with E-state index in [-0.39, 0.29) is 41.2 Å². The summed E-state index contributed by atoms with van der Waals surface area (Å²) in [5.41, 5.74) is 21.2. The lowest BCUT2D eigenvalue weighted by atomic mass is 9.85. The quantitative estimate of drug-likeness (QED) is 0.0604. The predicted molar refractivity (Wildman–Crippen MR) is 208 cm³/mol. The molecule has 52 heavy (non-hydrogen) atoms. The van der Waals surface area contributed by atoms with Crippen LogP contribution in [0, 0.1) is 0 Å². The summed E-state index contributed by atoms with van der Waals surface area (Å²) in [5, 5.41) is 4.27. The molecule has 13 heteroatoms. The summed E-state index contributed by atoms with van der Waals surface area (Å²) < 4.78 is 20.4. The topological polar surface area (TPSA) is 195 Å². The van der Waals surface area contributed by atoms with Crippen LogP contribution in [0.1, 0.15) is 64.8 Å². The number of aliphatic imine (C=N–C) groups is 1. The number of aromatic nitrogens is 4. The number of alkyl halides is 1. The first kappa shape index (κ1) is 39.5. The van der Waals surface area contributed by atoms with Gasteiger partial charge in [0.2, 0.25) is 0 Å². The van der Waals surface area contributed by atoms with Gasteiger partial charge < -0.3 is 37.2 Å². The van der Waals surface area contributed by atoms with Gasteiger partial charge in [-0.1, -0.05) is 59.7 Å². The van der Waals surface area contributed by atoms with E-state index < -0.39 is 6.17 Å². The van der Waals surface area contributed by atoms with E-state index in [0.29, 0.717) is 23.5 Å². The average molecular weight is 714 g/mol. The van der Waals surface area contributed by atoms with E-state index in [0.717, 1.165) is 53.0 Å². The molecule has 5 aromatic rings. The first-order chi connectivity index (χ1) is 24.5. The Morgan fingerprint density at radius 3 is 2.38 bits per heavy atom. The molecule has 0 unspecified atom stereocenters. The van der Waals surface area contributed by atoms with Crippen molar-refractivity contribution in [3.05, 3.63) is 111 Å². The number of guanidine groups is 1. The minimum atomic E-state index is -1.21. The zero-order valence-corrected chi connectivity index (χ0v) is 30.9. The maximum atomic E-state index is 13.3. The van der Waals surface area contributed by atoms with Crippen LogP contribution in [-0.2, 0) is 17.4 Å². The summed E-state index contributed by atoms with van der Waals surface area (Å²) in [4.78, 5) is 38.6. The molecular formula is C39H52FN9O3. The van der Waals surface area contributed by atoms with Crippen molar-refractivity contribution in [1.82, 2.24) is 24.8 Å². The third-order valence-electron chi connectivity index (χ3n) is 8.25. The summed E-state index contributed by atoms with van der Waals surface area (Å²) in [7, 11) is 0. The minimum absolute atomic E-state index is 0.0352. The number of pyridine rings is 1. The molecule has 0 radical (unpaired) electrons. The second-order valence-electron chi connectivity index (χ2n) is 14.7. The minimum Gasteiger partial charge on any atom is -0.490 e. The molecule has 0 fully saturated rings. The summed E-state index contributed by atoms with van der Waals surface area (Å²) in [6, 6.07) is 19.1. The van der Waals surface area contributed by atoms with E-state index in [1.807, 2.05) is 42.6 Å². The van der Waals surface area contributed by atoms with Crippen LogP contribution in [0.25, 0.3) is 27.8 Å². The fourth-order valence-corrected chi connectivity index (χ4v) is 5.18. The van der Waals surface area contributed by atoms with E-state index >= 15 is 0 Å². The molecule has 5 rings (SSSR count). The van der Waals surface area contributed by atoms with Crippen molar-refractivity contribution in [1.29, 1.82) is 0 Å². The standard InChI is InChI=1S/C21H29N7O.C18H23FN2O2/c1-21(2,3)17-11-15-13-28(20(29)27-18(15)26-17)16-7-5-14(6-8-16)12-24-9-4-10-25-19(22)23;1-18(2,3)13-7-12(16-5-4-6-21-17(16)22)8-15(9-13)23-11-14(19)10-20/h5-8,11,13,24H,4,9-10,12H2,1-3H3,(H4,22,23,25)(H,26,27,29);4-9,14H,10-11,20H2,1-3H3,(H,21,22)/t;14-/m.1/s1. The number of H-pyrrole nitrogens is 2. The molecule has 3 aromatic heterocycles. The lowest BCUT2D eigenvalue weighted by molar-refractivity contribution is 0.201. The first-order valence-corrected chi connectivity index (χ1v) is 17.3. The van der Waals surface area contributed by atoms with Crippen molar-refractivity contribution >= 4 is 17.0 Å². The Bertz CT molecular complexity index is 2070. The van der Waals surface area contributed by atoms with Crippen LogP contribution in [-0.4, -0.2) is 57.9 Å². The zero-order valence-electron chi connectivity index (χ0n) is 30.9. The molecule has 1 atom stereocenters. The zero-order chi connectivity index (χ0) is 38.1. The van der Waals surface area contributed by atoms with Gasteiger partial charge in [0.05, 0.1) is 5.69 Å². The van der Waals surface area contributed by atoms with Crippen LogP contribution in [0.5, 0.6) is 5.75 Å². The van der Waals surface area contributed by atoms with Crippen LogP contribution in [0.4, 0.5) is 4.39 Å². The average Bonchev–Trinajstić information content (AvgIpc) is 3.52. The van der Waals surface area contributed by atoms with Crippen LogP contribution in [0.15, 0.2) is 87.6 Å². The number of rotatable bonds is 12. The maximum absolute atomic E-state index is 13.3. The Labute approximate surface area is 303 Å². The molecule has 0 aliphatic heterocycles. The second-order valence-corrected chi connectivity index (χ2v) is 14.7. The van der Waals surface area contributed by atoms with Gasteiger partial charge >= 0.3 is 5.69 Å². The highest BCUT2D eigenvalue weighted by atomic mass is 19.1. The van der Waals surface area contributed by atoms with Crippen LogP contribution < -0.4 is 38.5 Å². The van der Waals surface area contributed by atoms with Crippen molar-refractivity contribution in [3.8, 4) is 22.6 Å². The normalized spacial score (nSPS) is 12.2. The number of fused-ring (bicyclic) bond motifs is 1. The number of aromatic amines is 2. The lowest BCUT2D eigenvalue weighted by Gasteiger charge is -2.21. The van der Waals surface area contributed by atoms with Crippen LogP contribution >= 0.6 is 0 Å². The van der Waals surface area contributed by atoms with Gasteiger partial charge in [0.15, 0.2) is 5.96 Å². The maximum Gasteiger partial charge on any atom is 0.354 e. The molecule has 12 nitrogen and oxygen atoms in total. The Morgan fingerprint density at radius 2 is 1.75 bits per heavy atom. The second kappa shape index (κ2) is 17.3. The van der Waals surface area contributed by atoms with Gasteiger partial charge in [-0.3, -0.25) is 14.4 Å². The Kier molecular flexibility index (Phi) is 13.1. The van der Waals surface area contributed by atoms with Gasteiger partial charge in [-0.15, -0.1) is 0 Å². The number of nitrogens with two attached hydrogens (primary N) is 3. The molecule has 9 N–H and O–H groups in total. The summed E-state index contributed by atoms with van der Waals surface area (Å²) in [6.45, 7) is 14.6. The smallest absolute Gasteiger partial charge is 0.354 e. The van der Waals surface area contributed by atoms with Crippen LogP contribution in [0.3, 0.4) is 0 Å². The lowest BCUT2D eigenvalue weighted by Crippen LogP contribution is -2.23. The van der Waals surface area contributed by atoms with Crippen molar-refractivity contribution in [2.24, 2.45) is 22.2 Å². The molecule has 2 aromatic carbocycles. The number of halogens is 1. The highest BCUT2D eigenvalue weighted by molar-refractivity contribution is 5.76. The van der Waals surface area contributed by atoms with Gasteiger partial charge in [-0.25, -0.2) is 9.18 Å². The SMILES string of the molecule is CC(C)(C)c1cc(OC[C@H](F)CN)cc(-c2ccc[nH]c2=O)c1.CC(C)(C)c1cc2cn(-c3ccc(CNCCCN=C(N)N)cc3)c(=O)nc2[nH]1. The van der Waals surface area contributed by atoms with Gasteiger partial charge in [0, 0.05) is 54.1 Å². The van der Waals surface area contributed by atoms with E-state index in [2.05, 4.69) is 72.9 Å². The fraction of sp³-hybridized carbons (Fsp3) is 0.385. The summed E-state index contributed by atoms with van der Waals surface area (Å²) in [5.74, 6) is 0.657. The van der Waals surface area contributed by atoms with Gasteiger partial charge in [-0.2, -0.15) is 4.98 Å². The molecule has 0 aliphatic carbocycles. The molecular weight excluding hydrogens is 661 g/mol. The van der Waals surface area contributed by atoms with Crippen molar-refractivity contribution in [2.75, 3.05) is 26.2 Å². The number of hydrogen-bond acceptors (Lipinski definition) is 7. The highest BCUT2D eigenvalue weighted by Crippen LogP contribution is 2.31. The van der Waals surface area contributed by atoms with Crippen molar-refractivity contribution in [3.63, 3.8) is 0 Å². The monoisotopic (exact) mass is 713 g/mol. The molecule has 0 aliphatic rings. The van der Waals surface area contributed by atoms with Crippen LogP contribution in [0.2, 0.25) is 0 Å². The third kappa shape index (κ3) is 11.1. The Hall–Kier alpha value is -5.27. The molecule has 0 spiro atoms. The molecule has 3 heterocycles. The number of hydrogen-bond donors (Lipinski definition) is 6. The summed E-state index contributed by atoms with van der Waals surface area (Å²) in [6.07, 6.45) is 3.08. The number of benzene rings is 2. The van der Waals surface area contributed by atoms with E-state index in [4.69, 9.17) is 21.9 Å². The third-order valence-corrected chi connectivity index (χ3v) is 8.25. The van der Waals surface area contributed by atoms with Gasteiger partial charge in [0.25, 0.3) is 5.56 Å². The van der Waals surface area contributed by atoms with Gasteiger partial charge in [0.1, 0.15) is 24.2 Å². The van der Waals surface area contributed by atoms with Gasteiger partial charge in [-0.05, 0) is 77.5 Å². The molecule has 0 bridgehead atoms. The van der Waals surface area contributed by atoms with E-state index in [9.17, 15) is 14.0 Å². The number of ether oxygens (including phenoxy) is 1. The van der Waals surface area contributed by atoms with Crippen molar-refractivity contribution in [2.45, 2.75) is 71.5 Å². The largest absolute Gasteiger partial charge is 0.490 e. The number of nitrogens with zero attached hydrogens (tertiary/aromatic N) is 3.